The van der Waals surface area contributed by atoms with Crippen LogP contribution in [-0.2, 0) is 0 Å². The molecule has 0 aliphatic carbocycles. The van der Waals surface area contributed by atoms with E-state index in [9.17, 15) is 4.39 Å². The van der Waals surface area contributed by atoms with E-state index in [0.717, 1.165) is 10.8 Å². The Morgan fingerprint density at radius 1 is 1.00 bits per heavy atom. The third kappa shape index (κ3) is 1.01. The molecular weight excluding hydrogens is 153 g/mol. The fourth-order valence-corrected chi connectivity index (χ4v) is 1.23. The molecule has 2 aromatic rings. The molecule has 0 amide bonds. The van der Waals surface area contributed by atoms with Crippen LogP contribution in [-0.4, -0.2) is 0 Å². The van der Waals surface area contributed by atoms with Crippen molar-refractivity contribution in [2.24, 2.45) is 0 Å². The molecular formula is C10H8FN. The number of fused-ring (bicyclic) bond motifs is 1. The predicted octanol–water partition coefficient (Wildman–Crippen LogP) is 2.56. The Bertz CT molecular complexity index is 383. The van der Waals surface area contributed by atoms with Gasteiger partial charge in [0.15, 0.2) is 0 Å². The minimum absolute atomic E-state index is 0.203. The molecule has 2 heteroatoms. The van der Waals surface area contributed by atoms with Crippen molar-refractivity contribution in [3.63, 3.8) is 0 Å². The van der Waals surface area contributed by atoms with Crippen LogP contribution >= 0.6 is 0 Å². The van der Waals surface area contributed by atoms with Gasteiger partial charge in [0, 0.05) is 0 Å². The summed E-state index contributed by atoms with van der Waals surface area (Å²) < 4.78 is 12.9. The third-order valence-electron chi connectivity index (χ3n) is 1.87. The number of nitrogens with two attached hydrogens (primary N) is 1. The summed E-state index contributed by atoms with van der Waals surface area (Å²) in [6.45, 7) is 0. The molecule has 0 aromatic heterocycles. The predicted molar refractivity (Wildman–Crippen MR) is 48.3 cm³/mol. The standard InChI is InChI=1S/C10H8FN/c11-9-5-7-3-1-2-4-8(7)6-10(9)12/h1-6H,12H2. The summed E-state index contributed by atoms with van der Waals surface area (Å²) in [6, 6.07) is 10.6. The molecule has 0 saturated heterocycles. The lowest BCUT2D eigenvalue weighted by Crippen LogP contribution is -1.89. The van der Waals surface area contributed by atoms with Crippen molar-refractivity contribution in [2.75, 3.05) is 5.73 Å². The lowest BCUT2D eigenvalue weighted by molar-refractivity contribution is 0.634. The van der Waals surface area contributed by atoms with Crippen LogP contribution in [0.4, 0.5) is 10.1 Å². The van der Waals surface area contributed by atoms with E-state index in [1.165, 1.54) is 6.07 Å². The van der Waals surface area contributed by atoms with Crippen molar-refractivity contribution >= 4 is 16.5 Å². The highest BCUT2D eigenvalue weighted by Gasteiger charge is 1.99. The molecule has 2 N–H and O–H groups in total. The first kappa shape index (κ1) is 7.10. The zero-order valence-electron chi connectivity index (χ0n) is 6.42. The second-order valence-corrected chi connectivity index (χ2v) is 2.72. The number of rotatable bonds is 0. The molecule has 0 saturated carbocycles. The van der Waals surface area contributed by atoms with Crippen molar-refractivity contribution in [3.05, 3.63) is 42.2 Å². The van der Waals surface area contributed by atoms with Gasteiger partial charge in [0.2, 0.25) is 0 Å². The van der Waals surface area contributed by atoms with Crippen LogP contribution in [0, 0.1) is 5.82 Å². The third-order valence-corrected chi connectivity index (χ3v) is 1.87. The summed E-state index contributed by atoms with van der Waals surface area (Å²) in [5.74, 6) is -0.353. The van der Waals surface area contributed by atoms with Gasteiger partial charge in [-0.2, -0.15) is 0 Å². The Morgan fingerprint density at radius 3 is 2.25 bits per heavy atom. The van der Waals surface area contributed by atoms with Crippen molar-refractivity contribution in [1.82, 2.24) is 0 Å². The SMILES string of the molecule is Nc1cc2ccccc2cc1F. The van der Waals surface area contributed by atoms with Crippen LogP contribution < -0.4 is 5.73 Å². The van der Waals surface area contributed by atoms with Crippen molar-refractivity contribution in [1.29, 1.82) is 0 Å². The highest BCUT2D eigenvalue weighted by Crippen LogP contribution is 2.19. The van der Waals surface area contributed by atoms with Gasteiger partial charge in [-0.25, -0.2) is 4.39 Å². The van der Waals surface area contributed by atoms with E-state index < -0.39 is 0 Å². The smallest absolute Gasteiger partial charge is 0.146 e. The Hall–Kier alpha value is -1.57. The fourth-order valence-electron chi connectivity index (χ4n) is 1.23. The van der Waals surface area contributed by atoms with Gasteiger partial charge in [0.05, 0.1) is 5.69 Å². The van der Waals surface area contributed by atoms with Crippen LogP contribution in [0.15, 0.2) is 36.4 Å². The minimum Gasteiger partial charge on any atom is -0.396 e. The number of anilines is 1. The summed E-state index contributed by atoms with van der Waals surface area (Å²) in [7, 11) is 0. The topological polar surface area (TPSA) is 26.0 Å². The van der Waals surface area contributed by atoms with Gasteiger partial charge < -0.3 is 5.73 Å². The summed E-state index contributed by atoms with van der Waals surface area (Å²) in [5, 5.41) is 1.85. The largest absolute Gasteiger partial charge is 0.396 e. The number of nitrogen functional groups attached to an aromatic ring is 1. The molecule has 0 aliphatic heterocycles. The number of benzene rings is 2. The Morgan fingerprint density at radius 2 is 1.58 bits per heavy atom. The zero-order valence-corrected chi connectivity index (χ0v) is 6.42. The zero-order chi connectivity index (χ0) is 8.55. The molecule has 0 spiro atoms. The van der Waals surface area contributed by atoms with Gasteiger partial charge in [-0.3, -0.25) is 0 Å². The van der Waals surface area contributed by atoms with Gasteiger partial charge in [0.1, 0.15) is 5.82 Å². The first-order chi connectivity index (χ1) is 5.77. The van der Waals surface area contributed by atoms with Crippen molar-refractivity contribution < 1.29 is 4.39 Å². The first-order valence-electron chi connectivity index (χ1n) is 3.71. The van der Waals surface area contributed by atoms with Crippen LogP contribution in [0.25, 0.3) is 10.8 Å². The Balaban J connectivity index is 2.84. The summed E-state index contributed by atoms with van der Waals surface area (Å²) >= 11 is 0. The van der Waals surface area contributed by atoms with Crippen molar-refractivity contribution in [2.45, 2.75) is 0 Å². The number of hydrogen-bond donors (Lipinski definition) is 1. The molecule has 2 rings (SSSR count). The molecule has 0 bridgehead atoms. The van der Waals surface area contributed by atoms with Gasteiger partial charge >= 0.3 is 0 Å². The summed E-state index contributed by atoms with van der Waals surface area (Å²) in [4.78, 5) is 0. The van der Waals surface area contributed by atoms with E-state index >= 15 is 0 Å². The van der Waals surface area contributed by atoms with Gasteiger partial charge in [-0.15, -0.1) is 0 Å². The maximum absolute atomic E-state index is 12.9. The van der Waals surface area contributed by atoms with Gasteiger partial charge in [0.25, 0.3) is 0 Å². The van der Waals surface area contributed by atoms with Gasteiger partial charge in [-0.05, 0) is 22.9 Å². The molecule has 0 atom stereocenters. The molecule has 0 unspecified atom stereocenters. The van der Waals surface area contributed by atoms with E-state index in [1.54, 1.807) is 6.07 Å². The Labute approximate surface area is 69.6 Å². The average Bonchev–Trinajstić information content (AvgIpc) is 2.07. The highest BCUT2D eigenvalue weighted by atomic mass is 19.1. The van der Waals surface area contributed by atoms with Gasteiger partial charge in [-0.1, -0.05) is 24.3 Å². The second-order valence-electron chi connectivity index (χ2n) is 2.72. The van der Waals surface area contributed by atoms with E-state index in [0.29, 0.717) is 0 Å². The van der Waals surface area contributed by atoms with E-state index in [1.807, 2.05) is 24.3 Å². The van der Waals surface area contributed by atoms with Crippen LogP contribution in [0.1, 0.15) is 0 Å². The molecule has 0 radical (unpaired) electrons. The normalized spacial score (nSPS) is 10.4. The molecule has 60 valence electrons. The highest BCUT2D eigenvalue weighted by molar-refractivity contribution is 5.85. The fraction of sp³-hybridized carbons (Fsp3) is 0. The first-order valence-corrected chi connectivity index (χ1v) is 3.71. The molecule has 1 nitrogen and oxygen atoms in total. The second kappa shape index (κ2) is 2.48. The Kier molecular flexibility index (Phi) is 1.47. The number of halogens is 1. The van der Waals surface area contributed by atoms with E-state index in [2.05, 4.69) is 0 Å². The summed E-state index contributed by atoms with van der Waals surface area (Å²) in [6.07, 6.45) is 0. The van der Waals surface area contributed by atoms with Crippen molar-refractivity contribution in [3.8, 4) is 0 Å². The van der Waals surface area contributed by atoms with E-state index in [-0.39, 0.29) is 11.5 Å². The molecule has 2 aromatic carbocycles. The molecule has 0 fully saturated rings. The van der Waals surface area contributed by atoms with Crippen LogP contribution in [0.5, 0.6) is 0 Å². The lowest BCUT2D eigenvalue weighted by atomic mass is 10.1. The quantitative estimate of drug-likeness (QED) is 0.590. The monoisotopic (exact) mass is 161 g/mol. The molecule has 0 heterocycles. The minimum atomic E-state index is -0.353. The molecule has 0 aliphatic rings. The average molecular weight is 161 g/mol. The maximum Gasteiger partial charge on any atom is 0.146 e. The van der Waals surface area contributed by atoms with E-state index in [4.69, 9.17) is 5.73 Å². The molecule has 12 heavy (non-hydrogen) atoms. The summed E-state index contributed by atoms with van der Waals surface area (Å²) in [5.41, 5.74) is 5.61. The lowest BCUT2D eigenvalue weighted by Gasteiger charge is -1.99. The maximum atomic E-state index is 12.9. The van der Waals surface area contributed by atoms with Crippen LogP contribution in [0.3, 0.4) is 0 Å². The van der Waals surface area contributed by atoms with Crippen LogP contribution in [0.2, 0.25) is 0 Å². The number of hydrogen-bond acceptors (Lipinski definition) is 1.